The average molecular weight is 492 g/mol. The molecule has 196 valence electrons. The molecule has 33 heavy (non-hydrogen) atoms. The third-order valence-electron chi connectivity index (χ3n) is 7.36. The van der Waals surface area contributed by atoms with E-state index in [1.807, 2.05) is 12.1 Å². The molecule has 0 spiro atoms. The molecule has 3 atom stereocenters. The molecule has 1 aromatic rings. The highest BCUT2D eigenvalue weighted by Gasteiger charge is 2.37. The van der Waals surface area contributed by atoms with E-state index in [-0.39, 0.29) is 27.3 Å². The van der Waals surface area contributed by atoms with Crippen LogP contribution in [0.4, 0.5) is 0 Å². The first-order valence-corrected chi connectivity index (χ1v) is 12.1. The zero-order chi connectivity index (χ0) is 21.0. The third kappa shape index (κ3) is 9.07. The second kappa shape index (κ2) is 15.3. The highest BCUT2D eigenvalue weighted by Crippen LogP contribution is 2.42. The molecule has 9 N–H and O–H groups in total. The van der Waals surface area contributed by atoms with Crippen molar-refractivity contribution in [2.24, 2.45) is 11.3 Å². The summed E-state index contributed by atoms with van der Waals surface area (Å²) in [6.45, 7) is 19.0. The summed E-state index contributed by atoms with van der Waals surface area (Å²) >= 11 is 6.11. The molecule has 2 unspecified atom stereocenters. The van der Waals surface area contributed by atoms with E-state index in [0.29, 0.717) is 17.9 Å². The first-order chi connectivity index (χ1) is 13.8. The van der Waals surface area contributed by atoms with Gasteiger partial charge in [-0.2, -0.15) is 0 Å². The van der Waals surface area contributed by atoms with Crippen LogP contribution in [0.2, 0.25) is 5.02 Å². The average Bonchev–Trinajstić information content (AvgIpc) is 3.13. The number of nitrogens with one attached hydrogen (secondary N) is 1. The number of rotatable bonds is 8. The van der Waals surface area contributed by atoms with Gasteiger partial charge >= 0.3 is 0 Å². The predicted octanol–water partition coefficient (Wildman–Crippen LogP) is 1.96. The molecule has 0 aliphatic carbocycles. The van der Waals surface area contributed by atoms with Crippen molar-refractivity contribution in [1.29, 1.82) is 0 Å². The monoisotopic (exact) mass is 491 g/mol. The Balaban J connectivity index is 0. The molecule has 0 amide bonds. The molecule has 2 fully saturated rings. The summed E-state index contributed by atoms with van der Waals surface area (Å²) in [6.07, 6.45) is 3.94. The molecule has 0 radical (unpaired) electrons. The van der Waals surface area contributed by atoms with Crippen molar-refractivity contribution in [2.45, 2.75) is 71.9 Å². The number of hydrogen-bond donors (Lipinski definition) is 1. The fraction of sp³-hybridized carbons (Fsp3) is 0.760. The smallest absolute Gasteiger partial charge is 0.0406 e. The third-order valence-corrected chi connectivity index (χ3v) is 7.61. The Morgan fingerprint density at radius 1 is 1.03 bits per heavy atom. The summed E-state index contributed by atoms with van der Waals surface area (Å²) in [5.74, 6) is 1.27. The Morgan fingerprint density at radius 3 is 2.21 bits per heavy atom. The lowest BCUT2D eigenvalue weighted by Crippen LogP contribution is -2.52. The van der Waals surface area contributed by atoms with Crippen LogP contribution < -0.4 is 5.32 Å². The number of halogens is 1. The van der Waals surface area contributed by atoms with E-state index in [4.69, 9.17) is 11.6 Å². The second-order valence-electron chi connectivity index (χ2n) is 10.3. The quantitative estimate of drug-likeness (QED) is 0.592. The van der Waals surface area contributed by atoms with E-state index in [2.05, 4.69) is 61.9 Å². The summed E-state index contributed by atoms with van der Waals surface area (Å²) in [4.78, 5) is 5.35. The fourth-order valence-electron chi connectivity index (χ4n) is 5.56. The Bertz CT molecular complexity index is 645. The van der Waals surface area contributed by atoms with Crippen LogP contribution in [-0.2, 0) is 0 Å². The van der Waals surface area contributed by atoms with Crippen LogP contribution in [0.5, 0.6) is 0 Å². The van der Waals surface area contributed by atoms with Crippen molar-refractivity contribution in [3.63, 3.8) is 0 Å². The molecular weight excluding hydrogens is 442 g/mol. The number of benzene rings is 1. The van der Waals surface area contributed by atoms with Crippen LogP contribution in [0.1, 0.15) is 65.4 Å². The van der Waals surface area contributed by atoms with Gasteiger partial charge in [-0.3, -0.25) is 4.90 Å². The predicted molar refractivity (Wildman–Crippen MR) is 140 cm³/mol. The summed E-state index contributed by atoms with van der Waals surface area (Å²) in [5, 5.41) is 4.78. The first-order valence-electron chi connectivity index (χ1n) is 11.8. The second-order valence-corrected chi connectivity index (χ2v) is 10.7. The zero-order valence-corrected chi connectivity index (χ0v) is 22.0. The zero-order valence-electron chi connectivity index (χ0n) is 21.3. The van der Waals surface area contributed by atoms with Gasteiger partial charge in [-0.25, -0.2) is 0 Å². The molecule has 0 saturated carbocycles. The van der Waals surface area contributed by atoms with Crippen LogP contribution in [0.25, 0.3) is 0 Å². The van der Waals surface area contributed by atoms with E-state index in [0.717, 1.165) is 30.7 Å². The van der Waals surface area contributed by atoms with Crippen LogP contribution in [-0.4, -0.2) is 83.1 Å². The Kier molecular flexibility index (Phi) is 15.9. The molecule has 7 nitrogen and oxygen atoms in total. The molecule has 2 aliphatic heterocycles. The van der Waals surface area contributed by atoms with Gasteiger partial charge < -0.3 is 32.1 Å². The van der Waals surface area contributed by atoms with Crippen molar-refractivity contribution in [3.8, 4) is 0 Å². The normalized spacial score (nSPS) is 23.6. The van der Waals surface area contributed by atoms with E-state index < -0.39 is 0 Å². The Labute approximate surface area is 206 Å². The van der Waals surface area contributed by atoms with Crippen molar-refractivity contribution >= 4 is 11.6 Å². The molecule has 2 heterocycles. The molecule has 8 heteroatoms. The van der Waals surface area contributed by atoms with Gasteiger partial charge in [0.1, 0.15) is 0 Å². The van der Waals surface area contributed by atoms with Crippen molar-refractivity contribution in [3.05, 3.63) is 34.9 Å². The number of piperidine rings is 1. The Hall–Kier alpha value is -0.770. The summed E-state index contributed by atoms with van der Waals surface area (Å²) < 4.78 is 0. The van der Waals surface area contributed by atoms with E-state index in [1.165, 1.54) is 44.5 Å². The van der Waals surface area contributed by atoms with Gasteiger partial charge in [-0.1, -0.05) is 58.4 Å². The molecule has 0 aromatic heterocycles. The molecule has 2 aliphatic rings. The van der Waals surface area contributed by atoms with E-state index in [1.54, 1.807) is 0 Å². The van der Waals surface area contributed by atoms with Gasteiger partial charge in [0.15, 0.2) is 0 Å². The lowest BCUT2D eigenvalue weighted by Gasteiger charge is -2.46. The number of likely N-dealkylation sites (N-methyl/N-ethyl adjacent to an activating group) is 1. The maximum Gasteiger partial charge on any atom is 0.0406 e. The molecule has 3 rings (SSSR count). The minimum Gasteiger partial charge on any atom is -0.412 e. The van der Waals surface area contributed by atoms with Gasteiger partial charge in [-0.05, 0) is 73.8 Å². The van der Waals surface area contributed by atoms with Crippen LogP contribution in [0, 0.1) is 11.3 Å². The minimum absolute atomic E-state index is 0. The number of nitrogens with zero attached hydrogens (tertiary/aromatic N) is 2. The van der Waals surface area contributed by atoms with Crippen molar-refractivity contribution < 1.29 is 21.9 Å². The van der Waals surface area contributed by atoms with Gasteiger partial charge in [-0.15, -0.1) is 0 Å². The van der Waals surface area contributed by atoms with Crippen molar-refractivity contribution in [2.75, 3.05) is 39.3 Å². The highest BCUT2D eigenvalue weighted by molar-refractivity contribution is 6.30. The molecule has 0 bridgehead atoms. The molecule has 2 saturated heterocycles. The Morgan fingerprint density at radius 2 is 1.67 bits per heavy atom. The molecular formula is C25H50ClN3O4. The summed E-state index contributed by atoms with van der Waals surface area (Å²) in [7, 11) is 0. The number of likely N-dealkylation sites (tertiary alicyclic amines) is 2. The molecule has 1 aromatic carbocycles. The first kappa shape index (κ1) is 34.4. The standard InChI is InChI=1S/C25H42ClN3.4H2O/c1-6-29-14-7-8-22(29)16-27-24(19(2)3)17-28-15-13-23(25(4,5)18-28)20-9-11-21(26)12-10-20;;;;/h9-12,19,22-24,27H,6-8,13-18H2,1-5H3;4*1H2/t22?,23?,24-;;;;/m0..../s1. The van der Waals surface area contributed by atoms with Gasteiger partial charge in [0, 0.05) is 36.7 Å². The SMILES string of the molecule is CCN1CCCC1CN[C@@H](CN1CCC(c2ccc(Cl)cc2)C(C)(C)C1)C(C)C.O.O.O.O. The number of hydrogen-bond acceptors (Lipinski definition) is 3. The lowest BCUT2D eigenvalue weighted by molar-refractivity contribution is 0.0782. The fourth-order valence-corrected chi connectivity index (χ4v) is 5.68. The summed E-state index contributed by atoms with van der Waals surface area (Å²) in [5.41, 5.74) is 1.72. The van der Waals surface area contributed by atoms with Gasteiger partial charge in [0.25, 0.3) is 0 Å². The van der Waals surface area contributed by atoms with Gasteiger partial charge in [0.2, 0.25) is 0 Å². The summed E-state index contributed by atoms with van der Waals surface area (Å²) in [6, 6.07) is 9.83. The van der Waals surface area contributed by atoms with Crippen LogP contribution in [0.3, 0.4) is 0 Å². The van der Waals surface area contributed by atoms with Crippen molar-refractivity contribution in [1.82, 2.24) is 15.1 Å². The van der Waals surface area contributed by atoms with Gasteiger partial charge in [0.05, 0.1) is 0 Å². The largest absolute Gasteiger partial charge is 0.412 e. The topological polar surface area (TPSA) is 145 Å². The minimum atomic E-state index is 0. The van der Waals surface area contributed by atoms with E-state index in [9.17, 15) is 0 Å². The maximum absolute atomic E-state index is 6.11. The highest BCUT2D eigenvalue weighted by atomic mass is 35.5. The van der Waals surface area contributed by atoms with Crippen LogP contribution in [0.15, 0.2) is 24.3 Å². The van der Waals surface area contributed by atoms with E-state index >= 15 is 0 Å². The van der Waals surface area contributed by atoms with Crippen LogP contribution >= 0.6 is 11.6 Å². The maximum atomic E-state index is 6.11. The lowest BCUT2D eigenvalue weighted by atomic mass is 9.70.